The van der Waals surface area contributed by atoms with Gasteiger partial charge in [0.25, 0.3) is 5.91 Å². The average Bonchev–Trinajstić information content (AvgIpc) is 3.30. The molecule has 1 aromatic heterocycles. The molecular weight excluding hydrogens is 450 g/mol. The van der Waals surface area contributed by atoms with Crippen LogP contribution in [0.1, 0.15) is 55.1 Å². The molecule has 1 saturated heterocycles. The van der Waals surface area contributed by atoms with Crippen molar-refractivity contribution in [1.82, 2.24) is 9.47 Å². The Morgan fingerprint density at radius 3 is 2.40 bits per heavy atom. The minimum absolute atomic E-state index is 0.0951. The largest absolute Gasteiger partial charge is 0.356 e. The smallest absolute Gasteiger partial charge is 0.262 e. The Labute approximate surface area is 213 Å². The Kier molecular flexibility index (Phi) is 6.79. The number of nitrogens with zero attached hydrogens (tertiary/aromatic N) is 2. The van der Waals surface area contributed by atoms with E-state index in [0.29, 0.717) is 5.92 Å². The fourth-order valence-corrected chi connectivity index (χ4v) is 6.74. The lowest BCUT2D eigenvalue weighted by atomic mass is 9.85. The standard InChI is InChI=1S/C30H35N3OS/c1-20-14-16-26(17-15-20)32-22(3)18-24(23(32)4)19-28-29(34)33(27-13-9-8-10-21(27)2)30(35-28)31-25-11-6-5-7-12-25/h5-7,11-12,14-19,21,27,30-31H,8-10,13H2,1-4H3/b28-19-/t21-,27+,30?/m1/s1. The van der Waals surface area contributed by atoms with Crippen LogP contribution >= 0.6 is 11.8 Å². The Hall–Kier alpha value is -2.92. The molecule has 35 heavy (non-hydrogen) atoms. The maximum absolute atomic E-state index is 13.9. The molecule has 1 saturated carbocycles. The van der Waals surface area contributed by atoms with Gasteiger partial charge in [0.05, 0.1) is 4.91 Å². The summed E-state index contributed by atoms with van der Waals surface area (Å²) in [6.07, 6.45) is 6.83. The minimum Gasteiger partial charge on any atom is -0.356 e. The van der Waals surface area contributed by atoms with Crippen LogP contribution in [0, 0.1) is 26.7 Å². The second-order valence-corrected chi connectivity index (χ2v) is 11.2. The average molecular weight is 486 g/mol. The minimum atomic E-state index is -0.0951. The quantitative estimate of drug-likeness (QED) is 0.386. The Morgan fingerprint density at radius 2 is 1.69 bits per heavy atom. The van der Waals surface area contributed by atoms with E-state index < -0.39 is 0 Å². The van der Waals surface area contributed by atoms with Crippen molar-refractivity contribution in [3.63, 3.8) is 0 Å². The van der Waals surface area contributed by atoms with Gasteiger partial charge in [-0.05, 0) is 81.5 Å². The molecule has 5 rings (SSSR count). The molecule has 1 amide bonds. The van der Waals surface area contributed by atoms with E-state index >= 15 is 0 Å². The fraction of sp³-hybridized carbons (Fsp3) is 0.367. The normalized spacial score (nSPS) is 23.8. The highest BCUT2D eigenvalue weighted by Gasteiger charge is 2.43. The Bertz CT molecular complexity index is 1230. The predicted octanol–water partition coefficient (Wildman–Crippen LogP) is 7.29. The molecule has 3 atom stereocenters. The van der Waals surface area contributed by atoms with Crippen LogP contribution in [-0.2, 0) is 4.79 Å². The van der Waals surface area contributed by atoms with Gasteiger partial charge in [-0.15, -0.1) is 0 Å². The first-order valence-corrected chi connectivity index (χ1v) is 13.6. The number of carbonyl (C=O) groups is 1. The fourth-order valence-electron chi connectivity index (χ4n) is 5.53. The van der Waals surface area contributed by atoms with Gasteiger partial charge in [-0.2, -0.15) is 0 Å². The molecule has 0 bridgehead atoms. The number of rotatable bonds is 5. The van der Waals surface area contributed by atoms with Crippen molar-refractivity contribution in [2.24, 2.45) is 5.92 Å². The Morgan fingerprint density at radius 1 is 0.971 bits per heavy atom. The highest BCUT2D eigenvalue weighted by Crippen LogP contribution is 2.42. The number of thioether (sulfide) groups is 1. The molecule has 182 valence electrons. The van der Waals surface area contributed by atoms with Gasteiger partial charge in [-0.25, -0.2) is 0 Å². The molecule has 2 aliphatic rings. The molecule has 1 N–H and O–H groups in total. The number of aryl methyl sites for hydroxylation is 2. The van der Waals surface area contributed by atoms with Crippen LogP contribution in [0.2, 0.25) is 0 Å². The highest BCUT2D eigenvalue weighted by atomic mass is 32.2. The summed E-state index contributed by atoms with van der Waals surface area (Å²) in [5.74, 6) is 0.668. The summed E-state index contributed by atoms with van der Waals surface area (Å²) in [6, 6.07) is 21.3. The van der Waals surface area contributed by atoms with Crippen LogP contribution in [0.15, 0.2) is 65.6 Å². The lowest BCUT2D eigenvalue weighted by Crippen LogP contribution is -2.48. The van der Waals surface area contributed by atoms with Gasteiger partial charge in [0.1, 0.15) is 0 Å². The zero-order valence-corrected chi connectivity index (χ0v) is 21.9. The lowest BCUT2D eigenvalue weighted by molar-refractivity contribution is -0.129. The third-order valence-electron chi connectivity index (χ3n) is 7.47. The van der Waals surface area contributed by atoms with Gasteiger partial charge in [0.2, 0.25) is 0 Å². The number of benzene rings is 2. The topological polar surface area (TPSA) is 37.3 Å². The summed E-state index contributed by atoms with van der Waals surface area (Å²) in [7, 11) is 0. The lowest BCUT2D eigenvalue weighted by Gasteiger charge is -2.39. The van der Waals surface area contributed by atoms with Crippen molar-refractivity contribution < 1.29 is 4.79 Å². The number of anilines is 1. The summed E-state index contributed by atoms with van der Waals surface area (Å²) < 4.78 is 2.27. The van der Waals surface area contributed by atoms with Crippen molar-refractivity contribution in [2.45, 2.75) is 64.9 Å². The van der Waals surface area contributed by atoms with Crippen LogP contribution in [0.25, 0.3) is 11.8 Å². The molecule has 2 aromatic carbocycles. The van der Waals surface area contributed by atoms with E-state index in [9.17, 15) is 4.79 Å². The van der Waals surface area contributed by atoms with E-state index in [0.717, 1.165) is 34.0 Å². The summed E-state index contributed by atoms with van der Waals surface area (Å²) in [4.78, 5) is 16.8. The summed E-state index contributed by atoms with van der Waals surface area (Å²) >= 11 is 1.65. The molecule has 2 fully saturated rings. The number of hydrogen-bond acceptors (Lipinski definition) is 3. The number of carbonyl (C=O) groups excluding carboxylic acids is 1. The molecule has 1 aliphatic carbocycles. The molecule has 1 aliphatic heterocycles. The van der Waals surface area contributed by atoms with Gasteiger partial charge in [-0.3, -0.25) is 4.79 Å². The summed E-state index contributed by atoms with van der Waals surface area (Å²) in [6.45, 7) is 8.69. The van der Waals surface area contributed by atoms with Crippen LogP contribution in [0.5, 0.6) is 0 Å². The first-order valence-electron chi connectivity index (χ1n) is 12.7. The predicted molar refractivity (Wildman–Crippen MR) is 148 cm³/mol. The van der Waals surface area contributed by atoms with Crippen molar-refractivity contribution in [2.75, 3.05) is 5.32 Å². The second-order valence-electron chi connectivity index (χ2n) is 10.0. The number of hydrogen-bond donors (Lipinski definition) is 1. The third kappa shape index (κ3) is 4.79. The van der Waals surface area contributed by atoms with E-state index in [1.807, 2.05) is 18.2 Å². The van der Waals surface area contributed by atoms with E-state index in [2.05, 4.69) is 91.0 Å². The maximum Gasteiger partial charge on any atom is 0.262 e. The van der Waals surface area contributed by atoms with Crippen LogP contribution in [0.4, 0.5) is 5.69 Å². The highest BCUT2D eigenvalue weighted by molar-refractivity contribution is 8.05. The second kappa shape index (κ2) is 9.98. The van der Waals surface area contributed by atoms with E-state index in [4.69, 9.17) is 0 Å². The number of para-hydroxylation sites is 1. The summed E-state index contributed by atoms with van der Waals surface area (Å²) in [5.41, 5.74) is 6.79. The van der Waals surface area contributed by atoms with E-state index in [-0.39, 0.29) is 17.4 Å². The van der Waals surface area contributed by atoms with Crippen molar-refractivity contribution in [3.05, 3.63) is 88.1 Å². The van der Waals surface area contributed by atoms with E-state index in [1.54, 1.807) is 11.8 Å². The van der Waals surface area contributed by atoms with Crippen molar-refractivity contribution in [1.29, 1.82) is 0 Å². The van der Waals surface area contributed by atoms with Gasteiger partial charge in [0.15, 0.2) is 5.50 Å². The molecule has 0 spiro atoms. The molecule has 1 unspecified atom stereocenters. The van der Waals surface area contributed by atoms with E-state index in [1.165, 1.54) is 30.5 Å². The summed E-state index contributed by atoms with van der Waals surface area (Å²) in [5, 5.41) is 3.64. The maximum atomic E-state index is 13.9. The first kappa shape index (κ1) is 23.8. The Balaban J connectivity index is 1.49. The van der Waals surface area contributed by atoms with Crippen LogP contribution in [-0.4, -0.2) is 26.9 Å². The van der Waals surface area contributed by atoms with Gasteiger partial charge in [-0.1, -0.05) is 67.4 Å². The first-order chi connectivity index (χ1) is 16.9. The molecule has 5 heteroatoms. The third-order valence-corrected chi connectivity index (χ3v) is 8.59. The number of nitrogens with one attached hydrogen (secondary N) is 1. The van der Waals surface area contributed by atoms with Crippen LogP contribution in [0.3, 0.4) is 0 Å². The van der Waals surface area contributed by atoms with Crippen molar-refractivity contribution >= 4 is 29.4 Å². The van der Waals surface area contributed by atoms with Gasteiger partial charge < -0.3 is 14.8 Å². The van der Waals surface area contributed by atoms with Gasteiger partial charge >= 0.3 is 0 Å². The monoisotopic (exact) mass is 485 g/mol. The number of aromatic nitrogens is 1. The van der Waals surface area contributed by atoms with Crippen molar-refractivity contribution in [3.8, 4) is 5.69 Å². The van der Waals surface area contributed by atoms with Crippen LogP contribution < -0.4 is 5.32 Å². The zero-order chi connectivity index (χ0) is 24.5. The molecular formula is C30H35N3OS. The zero-order valence-electron chi connectivity index (χ0n) is 21.1. The molecule has 2 heterocycles. The number of amides is 1. The van der Waals surface area contributed by atoms with Gasteiger partial charge in [0, 0.05) is 28.8 Å². The molecule has 0 radical (unpaired) electrons. The SMILES string of the molecule is Cc1ccc(-n2c(C)cc(/C=C3\SC(Nc4ccccc4)N([C@H]4CCCC[C@H]4C)C3=O)c2C)cc1. The molecule has 4 nitrogen and oxygen atoms in total. The molecule has 3 aromatic rings.